The van der Waals surface area contributed by atoms with Gasteiger partial charge >= 0.3 is 0 Å². The van der Waals surface area contributed by atoms with Crippen LogP contribution in [0.25, 0.3) is 0 Å². The summed E-state index contributed by atoms with van der Waals surface area (Å²) in [6.07, 6.45) is 14.6. The standard InChI is InChI=1S/C22H31N.C18H23N.C16H31N.C16H19N.C12H27N.C10H23N/c1-14-10-16(3)20(17(4)11-14)23(22(7,8)9)21-18(5)12-15(2)13-19(21)6;1-14-10-6-8-12-16(14)19(18(3,4)5)17-13-9-7-11-15(17)2;2*1-16(2,3)17(14-10-6-4-7-11-14)15-12-8-5-9-13-15;1-10(2,3)13(11(4,5)6)12(7,8)9;1-8(2)11(9(3)4)10(5,6)7/h10-13H,1-9H3;6-13H,1-5H3;14-15H,4-13H2,1-3H3;4-13H,1-3H3;1-9H3;8-9H,1-7H3. The number of aryl methyl sites for hydroxylation is 8. The molecule has 0 amide bonds. The molecule has 0 radical (unpaired) electrons. The van der Waals surface area contributed by atoms with Crippen molar-refractivity contribution in [1.82, 2.24) is 14.7 Å². The van der Waals surface area contributed by atoms with Crippen LogP contribution < -0.4 is 14.7 Å². The summed E-state index contributed by atoms with van der Waals surface area (Å²) in [5, 5.41) is 0. The van der Waals surface area contributed by atoms with E-state index in [9.17, 15) is 0 Å². The average molecular weight is 1370 g/mol. The lowest BCUT2D eigenvalue weighted by molar-refractivity contribution is -0.0403. The smallest absolute Gasteiger partial charge is 0.0475 e. The molecule has 2 aliphatic carbocycles. The second kappa shape index (κ2) is 37.3. The summed E-state index contributed by atoms with van der Waals surface area (Å²) >= 11 is 0. The van der Waals surface area contributed by atoms with Crippen molar-refractivity contribution >= 4 is 34.1 Å². The number of hydrogen-bond donors (Lipinski definition) is 0. The van der Waals surface area contributed by atoms with Gasteiger partial charge in [-0.05, 0) is 345 Å². The van der Waals surface area contributed by atoms with Crippen LogP contribution in [0.5, 0.6) is 0 Å². The Morgan fingerprint density at radius 2 is 0.550 bits per heavy atom. The molecule has 0 unspecified atom stereocenters. The van der Waals surface area contributed by atoms with E-state index in [1.54, 1.807) is 0 Å². The predicted molar refractivity (Wildman–Crippen MR) is 451 cm³/mol. The second-order valence-corrected chi connectivity index (χ2v) is 38.0. The van der Waals surface area contributed by atoms with Gasteiger partial charge in [-0.1, -0.05) is 147 Å². The maximum atomic E-state index is 2.91. The summed E-state index contributed by atoms with van der Waals surface area (Å²) in [4.78, 5) is 15.3. The third-order valence-electron chi connectivity index (χ3n) is 19.1. The first kappa shape index (κ1) is 88.8. The number of para-hydroxylation sites is 4. The molecule has 0 aromatic heterocycles. The zero-order chi connectivity index (χ0) is 76.5. The minimum atomic E-state index is 0.00948. The van der Waals surface area contributed by atoms with Gasteiger partial charge in [-0.3, -0.25) is 14.7 Å². The molecule has 0 saturated heterocycles. The van der Waals surface area contributed by atoms with Crippen LogP contribution in [-0.4, -0.2) is 83.2 Å². The molecule has 0 spiro atoms. The van der Waals surface area contributed by atoms with Gasteiger partial charge in [-0.25, -0.2) is 0 Å². The number of benzene rings is 6. The Kier molecular flexibility index (Phi) is 33.2. The molecule has 2 fully saturated rings. The molecule has 0 aliphatic heterocycles. The Labute approximate surface area is 619 Å². The highest BCUT2D eigenvalue weighted by molar-refractivity contribution is 5.76. The third kappa shape index (κ3) is 27.3. The van der Waals surface area contributed by atoms with Gasteiger partial charge in [0.1, 0.15) is 0 Å². The fraction of sp³-hybridized carbons (Fsp3) is 0.617. The highest BCUT2D eigenvalue weighted by Crippen LogP contribution is 2.43. The van der Waals surface area contributed by atoms with Gasteiger partial charge in [0.25, 0.3) is 0 Å². The zero-order valence-electron chi connectivity index (χ0n) is 71.8. The third-order valence-corrected chi connectivity index (χ3v) is 19.1. The minimum Gasteiger partial charge on any atom is -0.336 e. The van der Waals surface area contributed by atoms with Crippen molar-refractivity contribution in [2.75, 3.05) is 14.7 Å². The van der Waals surface area contributed by atoms with Crippen molar-refractivity contribution in [3.05, 3.63) is 178 Å². The highest BCUT2D eigenvalue weighted by atomic mass is 15.3. The van der Waals surface area contributed by atoms with Crippen LogP contribution in [0.1, 0.15) is 303 Å². The fourth-order valence-electron chi connectivity index (χ4n) is 17.7. The van der Waals surface area contributed by atoms with Gasteiger partial charge in [0.15, 0.2) is 0 Å². The summed E-state index contributed by atoms with van der Waals surface area (Å²) in [7, 11) is 0. The lowest BCUT2D eigenvalue weighted by atomic mass is 9.85. The molecular formula is C94H154N6. The SMILES string of the molecule is CC(C)(C)N(C(C)(C)C)C(C)(C)C.CC(C)(C)N(C1CCCCC1)C1CCCCC1.CC(C)(C)N(c1ccccc1)c1ccccc1.CC(C)N(C(C)C)C(C)(C)C.Cc1cc(C)c(N(c2c(C)cc(C)cc2C)C(C)(C)C)c(C)c1.Cc1ccccc1N(c1ccccc1C)C(C)(C)C. The molecule has 0 atom stereocenters. The molecule has 0 heterocycles. The summed E-state index contributed by atoms with van der Waals surface area (Å²) in [6.45, 7) is 81.6. The van der Waals surface area contributed by atoms with Crippen LogP contribution >= 0.6 is 0 Å². The summed E-state index contributed by atoms with van der Waals surface area (Å²) < 4.78 is 0. The van der Waals surface area contributed by atoms with Gasteiger partial charge < -0.3 is 14.7 Å². The minimum absolute atomic E-state index is 0.00948. The van der Waals surface area contributed by atoms with E-state index < -0.39 is 0 Å². The molecule has 0 N–H and O–H groups in total. The summed E-state index contributed by atoms with van der Waals surface area (Å²) in [5.74, 6) is 0. The van der Waals surface area contributed by atoms with Gasteiger partial charge in [-0.2, -0.15) is 0 Å². The van der Waals surface area contributed by atoms with Crippen LogP contribution in [-0.2, 0) is 0 Å². The lowest BCUT2D eigenvalue weighted by Gasteiger charge is -2.53. The topological polar surface area (TPSA) is 19.4 Å². The highest BCUT2D eigenvalue weighted by Gasteiger charge is 2.40. The summed E-state index contributed by atoms with van der Waals surface area (Å²) in [6, 6.07) is 50.4. The van der Waals surface area contributed by atoms with Crippen molar-refractivity contribution in [2.45, 2.75) is 382 Å². The quantitative estimate of drug-likeness (QED) is 0.135. The van der Waals surface area contributed by atoms with E-state index in [-0.39, 0.29) is 33.2 Å². The lowest BCUT2D eigenvalue weighted by Crippen LogP contribution is -2.60. The van der Waals surface area contributed by atoms with Crippen LogP contribution in [0.4, 0.5) is 34.1 Å². The van der Waals surface area contributed by atoms with E-state index in [1.807, 2.05) is 0 Å². The van der Waals surface area contributed by atoms with Gasteiger partial charge in [0, 0.05) is 103 Å². The Balaban J connectivity index is 0.000000317. The van der Waals surface area contributed by atoms with E-state index in [4.69, 9.17) is 0 Å². The van der Waals surface area contributed by atoms with Gasteiger partial charge in [-0.15, -0.1) is 0 Å². The van der Waals surface area contributed by atoms with E-state index in [1.165, 1.54) is 143 Å². The summed E-state index contributed by atoms with van der Waals surface area (Å²) in [5.41, 5.74) is 19.8. The number of hydrogen-bond acceptors (Lipinski definition) is 6. The molecule has 6 nitrogen and oxygen atoms in total. The van der Waals surface area contributed by atoms with E-state index in [0.29, 0.717) is 23.2 Å². The molecule has 6 aromatic carbocycles. The number of rotatable bonds is 10. The van der Waals surface area contributed by atoms with Crippen LogP contribution in [0.2, 0.25) is 0 Å². The fourth-order valence-corrected chi connectivity index (χ4v) is 17.7. The molecule has 560 valence electrons. The first-order chi connectivity index (χ1) is 45.7. The molecule has 6 aromatic rings. The van der Waals surface area contributed by atoms with Crippen LogP contribution in [0.15, 0.2) is 133 Å². The van der Waals surface area contributed by atoms with Crippen LogP contribution in [0, 0.1) is 55.4 Å². The normalized spacial score (nSPS) is 14.6. The molecule has 2 aliphatic rings. The number of nitrogens with zero attached hydrogens (tertiary/aromatic N) is 6. The van der Waals surface area contributed by atoms with Crippen molar-refractivity contribution in [1.29, 1.82) is 0 Å². The monoisotopic (exact) mass is 1370 g/mol. The second-order valence-electron chi connectivity index (χ2n) is 38.0. The maximum absolute atomic E-state index is 2.91. The molecular weight excluding hydrogens is 1210 g/mol. The number of anilines is 6. The molecule has 100 heavy (non-hydrogen) atoms. The largest absolute Gasteiger partial charge is 0.336 e. The van der Waals surface area contributed by atoms with Crippen LogP contribution in [0.3, 0.4) is 0 Å². The van der Waals surface area contributed by atoms with Gasteiger partial charge in [0.05, 0.1) is 0 Å². The Bertz CT molecular complexity index is 3070. The molecule has 6 heteroatoms. The first-order valence-electron chi connectivity index (χ1n) is 38.9. The van der Waals surface area contributed by atoms with Crippen molar-refractivity contribution in [3.63, 3.8) is 0 Å². The van der Waals surface area contributed by atoms with Crippen molar-refractivity contribution < 1.29 is 0 Å². The van der Waals surface area contributed by atoms with Crippen molar-refractivity contribution in [2.24, 2.45) is 0 Å². The zero-order valence-corrected chi connectivity index (χ0v) is 71.8. The first-order valence-corrected chi connectivity index (χ1v) is 38.9. The van der Waals surface area contributed by atoms with E-state index in [0.717, 1.165) is 12.1 Å². The molecule has 0 bridgehead atoms. The Hall–Kier alpha value is -5.40. The Morgan fingerprint density at radius 3 is 0.760 bits per heavy atom. The maximum Gasteiger partial charge on any atom is 0.0475 e. The predicted octanol–water partition coefficient (Wildman–Crippen LogP) is 27.7. The van der Waals surface area contributed by atoms with Gasteiger partial charge in [0.2, 0.25) is 0 Å². The van der Waals surface area contributed by atoms with Crippen molar-refractivity contribution in [3.8, 4) is 0 Å². The molecule has 2 saturated carbocycles. The van der Waals surface area contributed by atoms with E-state index >= 15 is 0 Å². The Morgan fingerprint density at radius 1 is 0.280 bits per heavy atom. The molecule has 8 rings (SSSR count). The average Bonchev–Trinajstić information content (AvgIpc) is 0.768. The van der Waals surface area contributed by atoms with E-state index in [2.05, 4.69) is 412 Å².